The molecular weight excluding hydrogens is 356 g/mol. The zero-order valence-corrected chi connectivity index (χ0v) is 18.4. The van der Waals surface area contributed by atoms with E-state index in [0.717, 1.165) is 18.5 Å². The Bertz CT molecular complexity index is 945. The molecule has 3 aromatic rings. The summed E-state index contributed by atoms with van der Waals surface area (Å²) in [6.07, 6.45) is 3.52. The molecule has 3 rings (SSSR count). The molecule has 0 aliphatic heterocycles. The van der Waals surface area contributed by atoms with E-state index in [0.29, 0.717) is 12.3 Å². The Hall–Kier alpha value is -2.55. The minimum absolute atomic E-state index is 0.0271. The Kier molecular flexibility index (Phi) is 6.46. The van der Waals surface area contributed by atoms with Crippen molar-refractivity contribution in [2.45, 2.75) is 58.8 Å². The standard InChI is InChI=1S/C26H34N2O/c1-18(2)14-15-27-25(29)16-22(19-10-12-20(13-11-19)26(3,4)5)23-17-28-24-9-7-6-8-21(23)24/h6-13,17-18,22,28H,14-16H2,1-5H3,(H,27,29). The molecule has 0 bridgehead atoms. The number of carbonyl (C=O) groups excluding carboxylic acids is 1. The number of aromatic nitrogens is 1. The second-order valence-corrected chi connectivity index (χ2v) is 9.45. The van der Waals surface area contributed by atoms with Gasteiger partial charge < -0.3 is 10.3 Å². The predicted molar refractivity (Wildman–Crippen MR) is 122 cm³/mol. The van der Waals surface area contributed by atoms with E-state index in [1.165, 1.54) is 22.1 Å². The number of carbonyl (C=O) groups is 1. The van der Waals surface area contributed by atoms with Gasteiger partial charge in [0.1, 0.15) is 0 Å². The molecule has 0 fully saturated rings. The number of rotatable bonds is 7. The first-order valence-corrected chi connectivity index (χ1v) is 10.7. The minimum atomic E-state index is 0.0271. The summed E-state index contributed by atoms with van der Waals surface area (Å²) in [7, 11) is 0. The van der Waals surface area contributed by atoms with Gasteiger partial charge in [0, 0.05) is 36.0 Å². The molecule has 2 N–H and O–H groups in total. The van der Waals surface area contributed by atoms with Gasteiger partial charge in [0.2, 0.25) is 5.91 Å². The maximum absolute atomic E-state index is 12.7. The van der Waals surface area contributed by atoms with Crippen molar-refractivity contribution < 1.29 is 4.79 Å². The van der Waals surface area contributed by atoms with Crippen LogP contribution in [0.5, 0.6) is 0 Å². The summed E-state index contributed by atoms with van der Waals surface area (Å²) in [6.45, 7) is 11.8. The van der Waals surface area contributed by atoms with Gasteiger partial charge in [-0.3, -0.25) is 4.79 Å². The molecule has 0 saturated heterocycles. The number of benzene rings is 2. The molecule has 1 amide bonds. The van der Waals surface area contributed by atoms with Crippen LogP contribution >= 0.6 is 0 Å². The second-order valence-electron chi connectivity index (χ2n) is 9.45. The summed E-state index contributed by atoms with van der Waals surface area (Å²) in [5, 5.41) is 4.30. The number of hydrogen-bond acceptors (Lipinski definition) is 1. The van der Waals surface area contributed by atoms with Crippen molar-refractivity contribution in [1.82, 2.24) is 10.3 Å². The fourth-order valence-corrected chi connectivity index (χ4v) is 3.76. The van der Waals surface area contributed by atoms with Crippen LogP contribution in [0.15, 0.2) is 54.7 Å². The van der Waals surface area contributed by atoms with Gasteiger partial charge >= 0.3 is 0 Å². The fraction of sp³-hybridized carbons (Fsp3) is 0.423. The first-order valence-electron chi connectivity index (χ1n) is 10.7. The Balaban J connectivity index is 1.90. The third-order valence-corrected chi connectivity index (χ3v) is 5.61. The van der Waals surface area contributed by atoms with Crippen molar-refractivity contribution in [1.29, 1.82) is 0 Å². The first-order chi connectivity index (χ1) is 13.8. The summed E-state index contributed by atoms with van der Waals surface area (Å²) in [5.41, 5.74) is 4.90. The first kappa shape index (κ1) is 21.2. The van der Waals surface area contributed by atoms with Gasteiger partial charge in [-0.05, 0) is 40.5 Å². The summed E-state index contributed by atoms with van der Waals surface area (Å²) in [6, 6.07) is 17.1. The number of para-hydroxylation sites is 1. The third kappa shape index (κ3) is 5.29. The Morgan fingerprint density at radius 3 is 2.38 bits per heavy atom. The molecule has 29 heavy (non-hydrogen) atoms. The molecule has 0 saturated carbocycles. The smallest absolute Gasteiger partial charge is 0.220 e. The van der Waals surface area contributed by atoms with Crippen LogP contribution in [-0.2, 0) is 10.2 Å². The quantitative estimate of drug-likeness (QED) is 0.499. The summed E-state index contributed by atoms with van der Waals surface area (Å²) in [4.78, 5) is 16.1. The molecule has 0 radical (unpaired) electrons. The van der Waals surface area contributed by atoms with Crippen molar-refractivity contribution in [3.8, 4) is 0 Å². The molecule has 1 heterocycles. The molecule has 3 nitrogen and oxygen atoms in total. The predicted octanol–water partition coefficient (Wildman–Crippen LogP) is 6.15. The number of nitrogens with one attached hydrogen (secondary N) is 2. The topological polar surface area (TPSA) is 44.9 Å². The monoisotopic (exact) mass is 390 g/mol. The number of H-pyrrole nitrogens is 1. The third-order valence-electron chi connectivity index (χ3n) is 5.61. The van der Waals surface area contributed by atoms with Crippen LogP contribution in [0.1, 0.15) is 70.1 Å². The Morgan fingerprint density at radius 1 is 1.03 bits per heavy atom. The summed E-state index contributed by atoms with van der Waals surface area (Å²) >= 11 is 0. The largest absolute Gasteiger partial charge is 0.361 e. The van der Waals surface area contributed by atoms with E-state index >= 15 is 0 Å². The molecule has 1 aromatic heterocycles. The fourth-order valence-electron chi connectivity index (χ4n) is 3.76. The summed E-state index contributed by atoms with van der Waals surface area (Å²) < 4.78 is 0. The van der Waals surface area contributed by atoms with E-state index in [2.05, 4.69) is 93.6 Å². The molecule has 1 unspecified atom stereocenters. The van der Waals surface area contributed by atoms with Crippen LogP contribution in [0.25, 0.3) is 10.9 Å². The van der Waals surface area contributed by atoms with E-state index in [4.69, 9.17) is 0 Å². The molecular formula is C26H34N2O. The summed E-state index contributed by atoms with van der Waals surface area (Å²) in [5.74, 6) is 0.727. The van der Waals surface area contributed by atoms with Gasteiger partial charge in [-0.1, -0.05) is 77.1 Å². The van der Waals surface area contributed by atoms with E-state index in [1.807, 2.05) is 6.07 Å². The van der Waals surface area contributed by atoms with Crippen molar-refractivity contribution in [3.63, 3.8) is 0 Å². The van der Waals surface area contributed by atoms with Gasteiger partial charge in [-0.25, -0.2) is 0 Å². The lowest BCUT2D eigenvalue weighted by Gasteiger charge is -2.22. The van der Waals surface area contributed by atoms with E-state index in [1.54, 1.807) is 0 Å². The highest BCUT2D eigenvalue weighted by molar-refractivity contribution is 5.86. The van der Waals surface area contributed by atoms with Crippen LogP contribution in [0.3, 0.4) is 0 Å². The van der Waals surface area contributed by atoms with Crippen molar-refractivity contribution in [2.24, 2.45) is 5.92 Å². The molecule has 0 aliphatic carbocycles. The molecule has 154 valence electrons. The minimum Gasteiger partial charge on any atom is -0.361 e. The average Bonchev–Trinajstić information content (AvgIpc) is 3.09. The molecule has 2 aromatic carbocycles. The van der Waals surface area contributed by atoms with Crippen LogP contribution < -0.4 is 5.32 Å². The molecule has 0 spiro atoms. The van der Waals surface area contributed by atoms with Crippen molar-refractivity contribution >= 4 is 16.8 Å². The Morgan fingerprint density at radius 2 is 1.72 bits per heavy atom. The highest BCUT2D eigenvalue weighted by Crippen LogP contribution is 2.34. The lowest BCUT2D eigenvalue weighted by atomic mass is 9.83. The van der Waals surface area contributed by atoms with Crippen molar-refractivity contribution in [2.75, 3.05) is 6.54 Å². The normalized spacial score (nSPS) is 13.0. The number of amides is 1. The SMILES string of the molecule is CC(C)CCNC(=O)CC(c1ccc(C(C)(C)C)cc1)c1c[nH]c2ccccc12. The van der Waals surface area contributed by atoms with Gasteiger partial charge in [0.05, 0.1) is 0 Å². The van der Waals surface area contributed by atoms with Crippen LogP contribution in [-0.4, -0.2) is 17.4 Å². The molecule has 1 atom stereocenters. The maximum atomic E-state index is 12.7. The second kappa shape index (κ2) is 8.86. The van der Waals surface area contributed by atoms with E-state index in [9.17, 15) is 4.79 Å². The van der Waals surface area contributed by atoms with Crippen molar-refractivity contribution in [3.05, 3.63) is 71.4 Å². The zero-order valence-electron chi connectivity index (χ0n) is 18.4. The van der Waals surface area contributed by atoms with Crippen LogP contribution in [0, 0.1) is 5.92 Å². The van der Waals surface area contributed by atoms with Crippen LogP contribution in [0.4, 0.5) is 0 Å². The van der Waals surface area contributed by atoms with Gasteiger partial charge in [0.15, 0.2) is 0 Å². The lowest BCUT2D eigenvalue weighted by Crippen LogP contribution is -2.27. The zero-order chi connectivity index (χ0) is 21.0. The average molecular weight is 391 g/mol. The van der Waals surface area contributed by atoms with E-state index < -0.39 is 0 Å². The highest BCUT2D eigenvalue weighted by Gasteiger charge is 2.22. The van der Waals surface area contributed by atoms with E-state index in [-0.39, 0.29) is 17.2 Å². The molecule has 3 heteroatoms. The van der Waals surface area contributed by atoms with Crippen LogP contribution in [0.2, 0.25) is 0 Å². The number of fused-ring (bicyclic) bond motifs is 1. The lowest BCUT2D eigenvalue weighted by molar-refractivity contribution is -0.121. The maximum Gasteiger partial charge on any atom is 0.220 e. The van der Waals surface area contributed by atoms with Gasteiger partial charge in [-0.2, -0.15) is 0 Å². The Labute approximate surface area is 174 Å². The number of hydrogen-bond donors (Lipinski definition) is 2. The van der Waals surface area contributed by atoms with Gasteiger partial charge in [0.25, 0.3) is 0 Å². The number of aromatic amines is 1. The highest BCUT2D eigenvalue weighted by atomic mass is 16.1. The van der Waals surface area contributed by atoms with Gasteiger partial charge in [-0.15, -0.1) is 0 Å². The molecule has 0 aliphatic rings.